The zero-order valence-corrected chi connectivity index (χ0v) is 16.9. The molecule has 0 saturated heterocycles. The van der Waals surface area contributed by atoms with E-state index in [1.807, 2.05) is 24.3 Å². The molecule has 2 unspecified atom stereocenters. The van der Waals surface area contributed by atoms with Crippen molar-refractivity contribution in [3.8, 4) is 11.5 Å². The maximum atomic E-state index is 6.23. The molecule has 1 aliphatic heterocycles. The van der Waals surface area contributed by atoms with Crippen molar-refractivity contribution in [3.05, 3.63) is 58.6 Å². The first kappa shape index (κ1) is 20.9. The van der Waals surface area contributed by atoms with Crippen LogP contribution in [0.15, 0.2) is 42.5 Å². The molecule has 0 saturated carbocycles. The highest BCUT2D eigenvalue weighted by Gasteiger charge is 2.26. The summed E-state index contributed by atoms with van der Waals surface area (Å²) in [6.45, 7) is 4.83. The molecule has 0 bridgehead atoms. The molecule has 1 N–H and O–H groups in total. The molecule has 26 heavy (non-hydrogen) atoms. The van der Waals surface area contributed by atoms with Gasteiger partial charge in [0, 0.05) is 17.6 Å². The molecule has 0 radical (unpaired) electrons. The van der Waals surface area contributed by atoms with Crippen molar-refractivity contribution in [3.63, 3.8) is 0 Å². The van der Waals surface area contributed by atoms with Gasteiger partial charge in [-0.1, -0.05) is 36.7 Å². The first-order valence-electron chi connectivity index (χ1n) is 8.98. The molecule has 0 aliphatic carbocycles. The number of halogens is 2. The minimum atomic E-state index is 0. The molecule has 2 atom stereocenters. The van der Waals surface area contributed by atoms with E-state index in [4.69, 9.17) is 21.1 Å². The van der Waals surface area contributed by atoms with Crippen LogP contribution in [0.3, 0.4) is 0 Å². The molecule has 3 nitrogen and oxygen atoms in total. The van der Waals surface area contributed by atoms with Gasteiger partial charge in [0.15, 0.2) is 0 Å². The van der Waals surface area contributed by atoms with E-state index in [1.165, 1.54) is 11.1 Å². The van der Waals surface area contributed by atoms with Gasteiger partial charge in [-0.15, -0.1) is 12.4 Å². The van der Waals surface area contributed by atoms with E-state index in [1.54, 1.807) is 7.11 Å². The second kappa shape index (κ2) is 10.1. The maximum Gasteiger partial charge on any atom is 0.126 e. The Morgan fingerprint density at radius 2 is 2.12 bits per heavy atom. The molecule has 0 spiro atoms. The highest BCUT2D eigenvalue weighted by Crippen LogP contribution is 2.41. The molecule has 0 fully saturated rings. The largest absolute Gasteiger partial charge is 0.497 e. The molecule has 3 rings (SSSR count). The van der Waals surface area contributed by atoms with Crippen LogP contribution < -0.4 is 14.8 Å². The first-order chi connectivity index (χ1) is 12.2. The quantitative estimate of drug-likeness (QED) is 0.678. The van der Waals surface area contributed by atoms with E-state index >= 15 is 0 Å². The summed E-state index contributed by atoms with van der Waals surface area (Å²) < 4.78 is 11.2. The predicted octanol–water partition coefficient (Wildman–Crippen LogP) is 5.42. The summed E-state index contributed by atoms with van der Waals surface area (Å²) in [4.78, 5) is 0. The molecular weight excluding hydrogens is 369 g/mol. The van der Waals surface area contributed by atoms with E-state index in [0.29, 0.717) is 11.8 Å². The number of rotatable bonds is 7. The standard InChI is InChI=1S/C21H26ClNO2.ClH/c1-3-23-14-17(15-5-4-6-18(22)12-15)11-16-9-10-25-21-13-19(24-2)7-8-20(16)21;/h4-8,12-13,16-17,23H,3,9-11,14H2,1-2H3;1H. The Bertz CT molecular complexity index is 708. The van der Waals surface area contributed by atoms with Crippen molar-refractivity contribution < 1.29 is 9.47 Å². The highest BCUT2D eigenvalue weighted by molar-refractivity contribution is 6.30. The number of hydrogen-bond acceptors (Lipinski definition) is 3. The summed E-state index contributed by atoms with van der Waals surface area (Å²) in [5.74, 6) is 2.72. The van der Waals surface area contributed by atoms with Gasteiger partial charge >= 0.3 is 0 Å². The van der Waals surface area contributed by atoms with Gasteiger partial charge in [-0.05, 0) is 60.5 Å². The van der Waals surface area contributed by atoms with Crippen LogP contribution in [0.5, 0.6) is 11.5 Å². The second-order valence-corrected chi connectivity index (χ2v) is 6.97. The Morgan fingerprint density at radius 1 is 1.27 bits per heavy atom. The van der Waals surface area contributed by atoms with Gasteiger partial charge in [0.05, 0.1) is 13.7 Å². The van der Waals surface area contributed by atoms with E-state index in [9.17, 15) is 0 Å². The molecule has 142 valence electrons. The second-order valence-electron chi connectivity index (χ2n) is 6.53. The van der Waals surface area contributed by atoms with Crippen molar-refractivity contribution in [2.75, 3.05) is 26.8 Å². The molecule has 2 aromatic rings. The van der Waals surface area contributed by atoms with Crippen LogP contribution in [0.25, 0.3) is 0 Å². The van der Waals surface area contributed by atoms with E-state index in [2.05, 4.69) is 30.4 Å². The Balaban J connectivity index is 0.00000243. The summed E-state index contributed by atoms with van der Waals surface area (Å²) in [5.41, 5.74) is 2.59. The van der Waals surface area contributed by atoms with Gasteiger partial charge in [-0.3, -0.25) is 0 Å². The summed E-state index contributed by atoms with van der Waals surface area (Å²) in [5, 5.41) is 4.31. The summed E-state index contributed by atoms with van der Waals surface area (Å²) in [6.07, 6.45) is 2.12. The molecule has 5 heteroatoms. The lowest BCUT2D eigenvalue weighted by molar-refractivity contribution is 0.256. The Labute approximate surface area is 167 Å². The number of benzene rings is 2. The molecule has 0 aromatic heterocycles. The minimum absolute atomic E-state index is 0. The maximum absolute atomic E-state index is 6.23. The number of hydrogen-bond donors (Lipinski definition) is 1. The molecule has 0 amide bonds. The average Bonchev–Trinajstić information content (AvgIpc) is 2.64. The molecular formula is C21H27Cl2NO2. The summed E-state index contributed by atoms with van der Waals surface area (Å²) in [6, 6.07) is 14.4. The van der Waals surface area contributed by atoms with Crippen molar-refractivity contribution in [1.29, 1.82) is 0 Å². The van der Waals surface area contributed by atoms with Gasteiger partial charge in [0.2, 0.25) is 0 Å². The summed E-state index contributed by atoms with van der Waals surface area (Å²) >= 11 is 6.23. The van der Waals surface area contributed by atoms with Gasteiger partial charge in [-0.2, -0.15) is 0 Å². The fraction of sp³-hybridized carbons (Fsp3) is 0.429. The van der Waals surface area contributed by atoms with E-state index < -0.39 is 0 Å². The van der Waals surface area contributed by atoms with Crippen LogP contribution >= 0.6 is 24.0 Å². The third kappa shape index (κ3) is 5.06. The zero-order valence-electron chi connectivity index (χ0n) is 15.3. The molecule has 1 aliphatic rings. The topological polar surface area (TPSA) is 30.5 Å². The van der Waals surface area contributed by atoms with Crippen LogP contribution in [0, 0.1) is 0 Å². The summed E-state index contributed by atoms with van der Waals surface area (Å²) in [7, 11) is 1.69. The van der Waals surface area contributed by atoms with Crippen LogP contribution in [-0.2, 0) is 0 Å². The van der Waals surface area contributed by atoms with Crippen LogP contribution in [0.1, 0.15) is 42.7 Å². The third-order valence-electron chi connectivity index (χ3n) is 4.91. The number of methoxy groups -OCH3 is 1. The molecule has 1 heterocycles. The van der Waals surface area contributed by atoms with E-state index in [-0.39, 0.29) is 12.4 Å². The zero-order chi connectivity index (χ0) is 17.6. The predicted molar refractivity (Wildman–Crippen MR) is 110 cm³/mol. The normalized spacial score (nSPS) is 16.8. The van der Waals surface area contributed by atoms with Gasteiger partial charge in [-0.25, -0.2) is 0 Å². The third-order valence-corrected chi connectivity index (χ3v) is 5.15. The average molecular weight is 396 g/mol. The van der Waals surface area contributed by atoms with Gasteiger partial charge < -0.3 is 14.8 Å². The van der Waals surface area contributed by atoms with Crippen LogP contribution in [0.2, 0.25) is 5.02 Å². The SMILES string of the molecule is CCNCC(CC1CCOc2cc(OC)ccc21)c1cccc(Cl)c1.Cl. The Hall–Kier alpha value is -1.42. The molecule has 2 aromatic carbocycles. The lowest BCUT2D eigenvalue weighted by atomic mass is 9.82. The fourth-order valence-electron chi connectivity index (χ4n) is 3.58. The van der Waals surface area contributed by atoms with Crippen molar-refractivity contribution in [2.45, 2.75) is 31.6 Å². The van der Waals surface area contributed by atoms with Gasteiger partial charge in [0.1, 0.15) is 11.5 Å². The number of fused-ring (bicyclic) bond motifs is 1. The van der Waals surface area contributed by atoms with Crippen LogP contribution in [0.4, 0.5) is 0 Å². The van der Waals surface area contributed by atoms with Crippen LogP contribution in [-0.4, -0.2) is 26.8 Å². The van der Waals surface area contributed by atoms with Gasteiger partial charge in [0.25, 0.3) is 0 Å². The van der Waals surface area contributed by atoms with Crippen molar-refractivity contribution in [2.24, 2.45) is 0 Å². The minimum Gasteiger partial charge on any atom is -0.497 e. The van der Waals surface area contributed by atoms with Crippen molar-refractivity contribution >= 4 is 24.0 Å². The Morgan fingerprint density at radius 3 is 2.85 bits per heavy atom. The monoisotopic (exact) mass is 395 g/mol. The Kier molecular flexibility index (Phi) is 8.08. The first-order valence-corrected chi connectivity index (χ1v) is 9.36. The lowest BCUT2D eigenvalue weighted by Gasteiger charge is -2.30. The number of nitrogens with one attached hydrogen (secondary N) is 1. The fourth-order valence-corrected chi connectivity index (χ4v) is 3.77. The number of ether oxygens (including phenoxy) is 2. The number of likely N-dealkylation sites (N-methyl/N-ethyl adjacent to an activating group) is 1. The van der Waals surface area contributed by atoms with E-state index in [0.717, 1.165) is 49.1 Å². The lowest BCUT2D eigenvalue weighted by Crippen LogP contribution is -2.24. The smallest absolute Gasteiger partial charge is 0.126 e. The van der Waals surface area contributed by atoms with Crippen molar-refractivity contribution in [1.82, 2.24) is 5.32 Å². The highest BCUT2D eigenvalue weighted by atomic mass is 35.5.